The Labute approximate surface area is 81.0 Å². The van der Waals surface area contributed by atoms with E-state index in [4.69, 9.17) is 10.4 Å². The van der Waals surface area contributed by atoms with Gasteiger partial charge in [-0.1, -0.05) is 6.92 Å². The molecule has 0 heterocycles. The quantitative estimate of drug-likeness (QED) is 0.580. The summed E-state index contributed by atoms with van der Waals surface area (Å²) in [5.41, 5.74) is 0. The maximum atomic E-state index is 8.77. The summed E-state index contributed by atoms with van der Waals surface area (Å²) in [6.07, 6.45) is 3.81. The van der Waals surface area contributed by atoms with Crippen molar-refractivity contribution in [2.24, 2.45) is 0 Å². The number of hydrogen-bond donors (Lipinski definition) is 1. The summed E-state index contributed by atoms with van der Waals surface area (Å²) in [4.78, 5) is 2.25. The Morgan fingerprint density at radius 2 is 2.00 bits per heavy atom. The van der Waals surface area contributed by atoms with E-state index in [-0.39, 0.29) is 6.61 Å². The van der Waals surface area contributed by atoms with Crippen LogP contribution >= 0.6 is 0 Å². The number of aliphatic hydroxyl groups excluding tert-OH is 1. The second-order valence-electron chi connectivity index (χ2n) is 3.18. The third-order valence-electron chi connectivity index (χ3n) is 1.97. The van der Waals surface area contributed by atoms with Crippen molar-refractivity contribution in [3.05, 3.63) is 0 Å². The minimum atomic E-state index is 0.234. The van der Waals surface area contributed by atoms with Gasteiger partial charge in [0.2, 0.25) is 0 Å². The number of hydrogen-bond acceptors (Lipinski definition) is 3. The molecule has 0 aromatic rings. The van der Waals surface area contributed by atoms with Crippen molar-refractivity contribution in [2.75, 3.05) is 26.2 Å². The van der Waals surface area contributed by atoms with Crippen LogP contribution in [0, 0.1) is 11.3 Å². The van der Waals surface area contributed by atoms with E-state index in [9.17, 15) is 0 Å². The molecule has 1 N–H and O–H groups in total. The molecule has 76 valence electrons. The topological polar surface area (TPSA) is 47.3 Å². The van der Waals surface area contributed by atoms with Gasteiger partial charge in [-0.05, 0) is 32.4 Å². The van der Waals surface area contributed by atoms with Crippen LogP contribution in [0.5, 0.6) is 0 Å². The third kappa shape index (κ3) is 7.76. The van der Waals surface area contributed by atoms with Gasteiger partial charge >= 0.3 is 0 Å². The molecule has 0 fully saturated rings. The first-order valence-corrected chi connectivity index (χ1v) is 5.05. The number of unbranched alkanes of at least 4 members (excludes halogenated alkanes) is 2. The summed E-state index contributed by atoms with van der Waals surface area (Å²) in [7, 11) is 0. The van der Waals surface area contributed by atoms with Gasteiger partial charge in [0, 0.05) is 13.0 Å². The van der Waals surface area contributed by atoms with E-state index in [1.54, 1.807) is 0 Å². The first-order chi connectivity index (χ1) is 6.35. The van der Waals surface area contributed by atoms with Gasteiger partial charge in [0.05, 0.1) is 12.7 Å². The highest BCUT2D eigenvalue weighted by molar-refractivity contribution is 4.68. The Bertz CT molecular complexity index is 136. The van der Waals surface area contributed by atoms with Crippen molar-refractivity contribution < 1.29 is 5.11 Å². The lowest BCUT2D eigenvalue weighted by atomic mass is 10.2. The maximum absolute atomic E-state index is 8.77. The standard InChI is InChI=1S/C10H20N2O/c1-2-7-12(9-10-13)8-5-3-4-6-11/h13H,2-5,7-10H2,1H3. The molecule has 0 spiro atoms. The molecule has 3 nitrogen and oxygen atoms in total. The van der Waals surface area contributed by atoms with Gasteiger partial charge in [-0.25, -0.2) is 0 Å². The van der Waals surface area contributed by atoms with Crippen LogP contribution in [0.4, 0.5) is 0 Å². The predicted molar refractivity (Wildman–Crippen MR) is 53.3 cm³/mol. The molecule has 0 aromatic carbocycles. The Kier molecular flexibility index (Phi) is 9.07. The lowest BCUT2D eigenvalue weighted by molar-refractivity contribution is 0.194. The molecule has 0 aromatic heterocycles. The number of aliphatic hydroxyl groups is 1. The molecule has 3 heteroatoms. The van der Waals surface area contributed by atoms with Crippen molar-refractivity contribution in [1.82, 2.24) is 4.90 Å². The number of nitriles is 1. The minimum absolute atomic E-state index is 0.234. The zero-order valence-corrected chi connectivity index (χ0v) is 8.50. The van der Waals surface area contributed by atoms with E-state index in [1.165, 1.54) is 0 Å². The summed E-state index contributed by atoms with van der Waals surface area (Å²) in [5, 5.41) is 17.1. The molecule has 0 amide bonds. The number of nitrogens with zero attached hydrogens (tertiary/aromatic N) is 2. The van der Waals surface area contributed by atoms with Gasteiger partial charge in [-0.3, -0.25) is 0 Å². The van der Waals surface area contributed by atoms with Crippen LogP contribution < -0.4 is 0 Å². The van der Waals surface area contributed by atoms with Gasteiger partial charge in [0.1, 0.15) is 0 Å². The fourth-order valence-electron chi connectivity index (χ4n) is 1.33. The Morgan fingerprint density at radius 1 is 1.23 bits per heavy atom. The third-order valence-corrected chi connectivity index (χ3v) is 1.97. The molecule has 13 heavy (non-hydrogen) atoms. The molecule has 0 aliphatic heterocycles. The van der Waals surface area contributed by atoms with Crippen molar-refractivity contribution in [3.8, 4) is 6.07 Å². The molecule has 0 unspecified atom stereocenters. The predicted octanol–water partition coefficient (Wildman–Crippen LogP) is 1.38. The second-order valence-corrected chi connectivity index (χ2v) is 3.18. The molecule has 0 saturated carbocycles. The zero-order chi connectivity index (χ0) is 9.94. The first-order valence-electron chi connectivity index (χ1n) is 5.05. The van der Waals surface area contributed by atoms with Crippen LogP contribution in [0.2, 0.25) is 0 Å². The minimum Gasteiger partial charge on any atom is -0.395 e. The van der Waals surface area contributed by atoms with Crippen LogP contribution in [0.15, 0.2) is 0 Å². The lowest BCUT2D eigenvalue weighted by Crippen LogP contribution is -2.28. The molecule has 0 aliphatic carbocycles. The molecule has 0 radical (unpaired) electrons. The average molecular weight is 184 g/mol. The van der Waals surface area contributed by atoms with Crippen LogP contribution in [-0.4, -0.2) is 36.2 Å². The van der Waals surface area contributed by atoms with E-state index in [2.05, 4.69) is 17.9 Å². The van der Waals surface area contributed by atoms with Gasteiger partial charge in [-0.2, -0.15) is 5.26 Å². The largest absolute Gasteiger partial charge is 0.395 e. The van der Waals surface area contributed by atoms with E-state index >= 15 is 0 Å². The Morgan fingerprint density at radius 3 is 2.54 bits per heavy atom. The Hall–Kier alpha value is -0.590. The molecular formula is C10H20N2O. The molecule has 0 saturated heterocycles. The van der Waals surface area contributed by atoms with Gasteiger partial charge < -0.3 is 10.0 Å². The van der Waals surface area contributed by atoms with Crippen LogP contribution in [-0.2, 0) is 0 Å². The normalized spacial score (nSPS) is 10.3. The van der Waals surface area contributed by atoms with Crippen molar-refractivity contribution >= 4 is 0 Å². The van der Waals surface area contributed by atoms with E-state index in [0.29, 0.717) is 6.42 Å². The second kappa shape index (κ2) is 9.50. The van der Waals surface area contributed by atoms with Gasteiger partial charge in [-0.15, -0.1) is 0 Å². The lowest BCUT2D eigenvalue weighted by Gasteiger charge is -2.19. The van der Waals surface area contributed by atoms with E-state index in [0.717, 1.165) is 38.9 Å². The molecular weight excluding hydrogens is 164 g/mol. The average Bonchev–Trinajstić information content (AvgIpc) is 2.13. The highest BCUT2D eigenvalue weighted by Gasteiger charge is 2.01. The van der Waals surface area contributed by atoms with E-state index in [1.807, 2.05) is 0 Å². The fourth-order valence-corrected chi connectivity index (χ4v) is 1.33. The SMILES string of the molecule is CCCN(CCO)CCCCC#N. The molecule has 0 aliphatic rings. The van der Waals surface area contributed by atoms with Crippen molar-refractivity contribution in [1.29, 1.82) is 5.26 Å². The van der Waals surface area contributed by atoms with Crippen molar-refractivity contribution in [2.45, 2.75) is 32.6 Å². The number of rotatable bonds is 8. The summed E-state index contributed by atoms with van der Waals surface area (Å²) in [5.74, 6) is 0. The first kappa shape index (κ1) is 12.4. The molecule has 0 bridgehead atoms. The Balaban J connectivity index is 3.39. The molecule has 0 rings (SSSR count). The molecule has 0 atom stereocenters. The van der Waals surface area contributed by atoms with Gasteiger partial charge in [0.25, 0.3) is 0 Å². The van der Waals surface area contributed by atoms with Gasteiger partial charge in [0.15, 0.2) is 0 Å². The summed E-state index contributed by atoms with van der Waals surface area (Å²) in [6.45, 7) is 5.20. The highest BCUT2D eigenvalue weighted by Crippen LogP contribution is 1.98. The van der Waals surface area contributed by atoms with Crippen molar-refractivity contribution in [3.63, 3.8) is 0 Å². The summed E-state index contributed by atoms with van der Waals surface area (Å²) >= 11 is 0. The smallest absolute Gasteiger partial charge is 0.0621 e. The highest BCUT2D eigenvalue weighted by atomic mass is 16.3. The monoisotopic (exact) mass is 184 g/mol. The van der Waals surface area contributed by atoms with Crippen LogP contribution in [0.1, 0.15) is 32.6 Å². The fraction of sp³-hybridized carbons (Fsp3) is 0.900. The van der Waals surface area contributed by atoms with Crippen LogP contribution in [0.3, 0.4) is 0 Å². The summed E-state index contributed by atoms with van der Waals surface area (Å²) < 4.78 is 0. The summed E-state index contributed by atoms with van der Waals surface area (Å²) in [6, 6.07) is 2.14. The maximum Gasteiger partial charge on any atom is 0.0621 e. The zero-order valence-electron chi connectivity index (χ0n) is 8.50. The van der Waals surface area contributed by atoms with E-state index < -0.39 is 0 Å². The van der Waals surface area contributed by atoms with Crippen LogP contribution in [0.25, 0.3) is 0 Å².